The van der Waals surface area contributed by atoms with Gasteiger partial charge in [0.1, 0.15) is 6.54 Å². The predicted octanol–water partition coefficient (Wildman–Crippen LogP) is 3.84. The van der Waals surface area contributed by atoms with Gasteiger partial charge in [0.15, 0.2) is 0 Å². The van der Waals surface area contributed by atoms with Crippen LogP contribution in [0.2, 0.25) is 0 Å². The highest BCUT2D eigenvalue weighted by atomic mass is 32.2. The Labute approximate surface area is 204 Å². The fourth-order valence-electron chi connectivity index (χ4n) is 4.54. The summed E-state index contributed by atoms with van der Waals surface area (Å²) in [4.78, 5) is 28.0. The van der Waals surface area contributed by atoms with Crippen molar-refractivity contribution < 1.29 is 4.79 Å². The average Bonchev–Trinajstić information content (AvgIpc) is 3.09. The van der Waals surface area contributed by atoms with E-state index in [-0.39, 0.29) is 18.0 Å². The Morgan fingerprint density at radius 1 is 1.09 bits per heavy atom. The third kappa shape index (κ3) is 4.97. The molecule has 4 rings (SSSR count). The van der Waals surface area contributed by atoms with Crippen LogP contribution in [-0.2, 0) is 31.2 Å². The van der Waals surface area contributed by atoms with Crippen LogP contribution in [-0.4, -0.2) is 44.8 Å². The van der Waals surface area contributed by atoms with E-state index in [0.717, 1.165) is 65.4 Å². The zero-order chi connectivity index (χ0) is 24.1. The second-order valence-electron chi connectivity index (χ2n) is 8.59. The van der Waals surface area contributed by atoms with Crippen molar-refractivity contribution in [2.75, 3.05) is 24.6 Å². The molecule has 6 nitrogen and oxygen atoms in total. The average molecular weight is 475 g/mol. The molecule has 2 heterocycles. The largest absolute Gasteiger partial charge is 0.339 e. The first-order valence-corrected chi connectivity index (χ1v) is 12.9. The molecule has 1 aromatic heterocycles. The van der Waals surface area contributed by atoms with Crippen LogP contribution in [0.15, 0.2) is 53.3 Å². The number of aromatic nitrogens is 2. The van der Waals surface area contributed by atoms with Gasteiger partial charge in [-0.15, -0.1) is 0 Å². The Kier molecular flexibility index (Phi) is 7.59. The Hall–Kier alpha value is -3.24. The van der Waals surface area contributed by atoms with Crippen molar-refractivity contribution in [3.05, 3.63) is 81.3 Å². The molecule has 1 amide bonds. The van der Waals surface area contributed by atoms with Crippen molar-refractivity contribution >= 4 is 17.7 Å². The normalized spacial score (nSPS) is 13.6. The second kappa shape index (κ2) is 10.8. The summed E-state index contributed by atoms with van der Waals surface area (Å²) in [7, 11) is 1.76. The molecule has 0 saturated carbocycles. The molecule has 7 heteroatoms. The van der Waals surface area contributed by atoms with Crippen molar-refractivity contribution in [2.24, 2.45) is 7.05 Å². The van der Waals surface area contributed by atoms with E-state index in [0.29, 0.717) is 12.0 Å². The Morgan fingerprint density at radius 3 is 2.47 bits per heavy atom. The number of nitrogens with zero attached hydrogens (tertiary/aromatic N) is 4. The zero-order valence-electron chi connectivity index (χ0n) is 19.8. The lowest BCUT2D eigenvalue weighted by molar-refractivity contribution is -0.131. The first-order chi connectivity index (χ1) is 16.5. The molecular weight excluding hydrogens is 444 g/mol. The van der Waals surface area contributed by atoms with Gasteiger partial charge < -0.3 is 4.90 Å². The van der Waals surface area contributed by atoms with E-state index in [2.05, 4.69) is 13.0 Å². The number of rotatable bonds is 7. The van der Waals surface area contributed by atoms with Crippen LogP contribution in [0.4, 0.5) is 0 Å². The van der Waals surface area contributed by atoms with Gasteiger partial charge in [-0.05, 0) is 29.2 Å². The van der Waals surface area contributed by atoms with E-state index in [1.165, 1.54) is 0 Å². The fourth-order valence-corrected chi connectivity index (χ4v) is 5.44. The van der Waals surface area contributed by atoms with Crippen LogP contribution in [0.1, 0.15) is 35.7 Å². The zero-order valence-corrected chi connectivity index (χ0v) is 20.6. The highest BCUT2D eigenvalue weighted by Gasteiger charge is 2.23. The minimum atomic E-state index is -0.0376. The van der Waals surface area contributed by atoms with Crippen molar-refractivity contribution in [3.63, 3.8) is 0 Å². The van der Waals surface area contributed by atoms with Gasteiger partial charge >= 0.3 is 0 Å². The summed E-state index contributed by atoms with van der Waals surface area (Å²) in [5.74, 6) is 2.02. The molecule has 3 aromatic rings. The molecule has 0 atom stereocenters. The van der Waals surface area contributed by atoms with E-state index in [1.54, 1.807) is 11.7 Å². The van der Waals surface area contributed by atoms with E-state index in [9.17, 15) is 14.9 Å². The molecule has 1 saturated heterocycles. The number of carbonyl (C=O) groups is 1. The highest BCUT2D eigenvalue weighted by Crippen LogP contribution is 2.24. The molecule has 1 fully saturated rings. The molecule has 0 N–H and O–H groups in total. The van der Waals surface area contributed by atoms with Gasteiger partial charge in [0.25, 0.3) is 5.56 Å². The van der Waals surface area contributed by atoms with Crippen LogP contribution in [0.25, 0.3) is 11.1 Å². The summed E-state index contributed by atoms with van der Waals surface area (Å²) in [6.45, 7) is 3.85. The molecule has 0 spiro atoms. The summed E-state index contributed by atoms with van der Waals surface area (Å²) < 4.78 is 3.48. The number of nitriles is 1. The van der Waals surface area contributed by atoms with Crippen molar-refractivity contribution in [2.45, 2.75) is 32.7 Å². The molecule has 34 heavy (non-hydrogen) atoms. The Balaban J connectivity index is 1.60. The molecule has 176 valence electrons. The van der Waals surface area contributed by atoms with Crippen LogP contribution in [0.3, 0.4) is 0 Å². The maximum atomic E-state index is 13.2. The first kappa shape index (κ1) is 23.9. The standard InChI is InChI=1S/C27H30N4O2S/c1-3-6-25-24(27(33)29(2)31(25)19-26(32)30-13-15-34-16-14-30)17-20-9-11-21(12-10-20)23-8-5-4-7-22(23)18-28/h4-5,7-12H,3,6,13-17,19H2,1-2H3. The SMILES string of the molecule is CCCc1c(Cc2ccc(-c3ccccc3C#N)cc2)c(=O)n(C)n1CC(=O)N1CCSCC1. The van der Waals surface area contributed by atoms with Gasteiger partial charge in [-0.3, -0.25) is 19.0 Å². The van der Waals surface area contributed by atoms with Gasteiger partial charge in [0, 0.05) is 49.3 Å². The van der Waals surface area contributed by atoms with Gasteiger partial charge in [-0.2, -0.15) is 17.0 Å². The van der Waals surface area contributed by atoms with E-state index in [4.69, 9.17) is 0 Å². The number of hydrogen-bond donors (Lipinski definition) is 0. The summed E-state index contributed by atoms with van der Waals surface area (Å²) in [6, 6.07) is 17.8. The molecule has 0 bridgehead atoms. The summed E-state index contributed by atoms with van der Waals surface area (Å²) in [6.07, 6.45) is 2.17. The minimum absolute atomic E-state index is 0.0376. The summed E-state index contributed by atoms with van der Waals surface area (Å²) >= 11 is 1.87. The van der Waals surface area contributed by atoms with Gasteiger partial charge in [0.2, 0.25) is 5.91 Å². The first-order valence-electron chi connectivity index (χ1n) is 11.7. The number of thioether (sulfide) groups is 1. The highest BCUT2D eigenvalue weighted by molar-refractivity contribution is 7.99. The lowest BCUT2D eigenvalue weighted by Gasteiger charge is -2.27. The van der Waals surface area contributed by atoms with Gasteiger partial charge in [-0.25, -0.2) is 0 Å². The molecule has 1 aliphatic heterocycles. The summed E-state index contributed by atoms with van der Waals surface area (Å²) in [5.41, 5.74) is 5.23. The van der Waals surface area contributed by atoms with Crippen molar-refractivity contribution in [1.29, 1.82) is 5.26 Å². The lowest BCUT2D eigenvalue weighted by atomic mass is 9.97. The minimum Gasteiger partial charge on any atom is -0.339 e. The van der Waals surface area contributed by atoms with Gasteiger partial charge in [0.05, 0.1) is 11.6 Å². The molecule has 1 aliphatic rings. The predicted molar refractivity (Wildman–Crippen MR) is 137 cm³/mol. The Morgan fingerprint density at radius 2 is 1.79 bits per heavy atom. The van der Waals surface area contributed by atoms with E-state index < -0.39 is 0 Å². The smallest absolute Gasteiger partial charge is 0.270 e. The number of benzene rings is 2. The topological polar surface area (TPSA) is 71.0 Å². The third-order valence-electron chi connectivity index (χ3n) is 6.40. The Bertz CT molecular complexity index is 1260. The lowest BCUT2D eigenvalue weighted by Crippen LogP contribution is -2.41. The maximum absolute atomic E-state index is 13.2. The van der Waals surface area contributed by atoms with Crippen LogP contribution >= 0.6 is 11.8 Å². The van der Waals surface area contributed by atoms with E-state index in [1.807, 2.05) is 69.9 Å². The van der Waals surface area contributed by atoms with Crippen LogP contribution in [0, 0.1) is 11.3 Å². The molecule has 2 aromatic carbocycles. The molecule has 0 radical (unpaired) electrons. The number of carbonyl (C=O) groups excluding carboxylic acids is 1. The second-order valence-corrected chi connectivity index (χ2v) is 9.81. The summed E-state index contributed by atoms with van der Waals surface area (Å²) in [5, 5.41) is 9.40. The molecular formula is C27H30N4O2S. The van der Waals surface area contributed by atoms with Crippen LogP contribution in [0.5, 0.6) is 0 Å². The van der Waals surface area contributed by atoms with E-state index >= 15 is 0 Å². The molecule has 0 aliphatic carbocycles. The monoisotopic (exact) mass is 474 g/mol. The number of hydrogen-bond acceptors (Lipinski definition) is 4. The number of amides is 1. The maximum Gasteiger partial charge on any atom is 0.270 e. The quantitative estimate of drug-likeness (QED) is 0.522. The molecule has 0 unspecified atom stereocenters. The van der Waals surface area contributed by atoms with Crippen molar-refractivity contribution in [1.82, 2.24) is 14.3 Å². The van der Waals surface area contributed by atoms with Crippen molar-refractivity contribution in [3.8, 4) is 17.2 Å². The fraction of sp³-hybridized carbons (Fsp3) is 0.370. The van der Waals surface area contributed by atoms with Gasteiger partial charge in [-0.1, -0.05) is 55.8 Å². The van der Waals surface area contributed by atoms with Crippen LogP contribution < -0.4 is 5.56 Å². The third-order valence-corrected chi connectivity index (χ3v) is 7.35.